The van der Waals surface area contributed by atoms with E-state index in [0.29, 0.717) is 21.5 Å². The average molecular weight is 357 g/mol. The molecule has 2 aromatic rings. The first-order valence-corrected chi connectivity index (χ1v) is 7.96. The van der Waals surface area contributed by atoms with Gasteiger partial charge in [0.1, 0.15) is 4.90 Å². The Balaban J connectivity index is 2.40. The van der Waals surface area contributed by atoms with Crippen molar-refractivity contribution in [1.82, 2.24) is 9.97 Å². The number of hydrogen-bond donors (Lipinski definition) is 2. The van der Waals surface area contributed by atoms with E-state index in [-0.39, 0.29) is 10.8 Å². The summed E-state index contributed by atoms with van der Waals surface area (Å²) in [4.78, 5) is 8.18. The van der Waals surface area contributed by atoms with E-state index in [2.05, 4.69) is 30.6 Å². The van der Waals surface area contributed by atoms with E-state index in [4.69, 9.17) is 5.73 Å². The van der Waals surface area contributed by atoms with Crippen LogP contribution in [0.15, 0.2) is 33.6 Å². The number of anilines is 2. The number of hydrogen-bond acceptors (Lipinski definition) is 5. The van der Waals surface area contributed by atoms with Crippen LogP contribution in [0.2, 0.25) is 0 Å². The SMILES string of the molecule is Cc1cc(C)nc(NS(=O)(=O)c2ccc(N)cc2Br)n1. The maximum absolute atomic E-state index is 12.3. The molecule has 1 heterocycles. The van der Waals surface area contributed by atoms with Gasteiger partial charge in [-0.2, -0.15) is 0 Å². The second-order valence-corrected chi connectivity index (χ2v) is 6.77. The quantitative estimate of drug-likeness (QED) is 0.821. The number of nitrogens with one attached hydrogen (secondary N) is 1. The van der Waals surface area contributed by atoms with Crippen molar-refractivity contribution in [3.8, 4) is 0 Å². The van der Waals surface area contributed by atoms with Crippen LogP contribution in [-0.4, -0.2) is 18.4 Å². The first-order valence-electron chi connectivity index (χ1n) is 5.68. The van der Waals surface area contributed by atoms with Gasteiger partial charge >= 0.3 is 0 Å². The zero-order chi connectivity index (χ0) is 14.9. The highest BCUT2D eigenvalue weighted by molar-refractivity contribution is 9.10. The number of rotatable bonds is 3. The van der Waals surface area contributed by atoms with Gasteiger partial charge in [0, 0.05) is 21.5 Å². The van der Waals surface area contributed by atoms with Crippen molar-refractivity contribution in [2.24, 2.45) is 0 Å². The number of nitrogen functional groups attached to an aromatic ring is 1. The van der Waals surface area contributed by atoms with Gasteiger partial charge in [-0.25, -0.2) is 23.1 Å². The molecule has 0 atom stereocenters. The van der Waals surface area contributed by atoms with Crippen molar-refractivity contribution in [3.05, 3.63) is 40.1 Å². The summed E-state index contributed by atoms with van der Waals surface area (Å²) in [6.45, 7) is 3.54. The lowest BCUT2D eigenvalue weighted by atomic mass is 10.3. The largest absolute Gasteiger partial charge is 0.399 e. The van der Waals surface area contributed by atoms with E-state index in [1.807, 2.05) is 0 Å². The van der Waals surface area contributed by atoms with E-state index in [1.54, 1.807) is 19.9 Å². The van der Waals surface area contributed by atoms with Gasteiger partial charge in [-0.15, -0.1) is 0 Å². The van der Waals surface area contributed by atoms with Gasteiger partial charge in [0.2, 0.25) is 5.95 Å². The Bertz CT molecular complexity index is 742. The van der Waals surface area contributed by atoms with Gasteiger partial charge < -0.3 is 5.73 Å². The highest BCUT2D eigenvalue weighted by Crippen LogP contribution is 2.25. The Kier molecular flexibility index (Phi) is 3.96. The average Bonchev–Trinajstić information content (AvgIpc) is 2.25. The van der Waals surface area contributed by atoms with E-state index in [0.717, 1.165) is 0 Å². The maximum Gasteiger partial charge on any atom is 0.265 e. The molecule has 1 aromatic heterocycles. The van der Waals surface area contributed by atoms with Crippen LogP contribution in [0.1, 0.15) is 11.4 Å². The van der Waals surface area contributed by atoms with Crippen LogP contribution in [0, 0.1) is 13.8 Å². The summed E-state index contributed by atoms with van der Waals surface area (Å²) < 4.78 is 27.3. The number of aryl methyl sites for hydroxylation is 2. The number of nitrogens with zero attached hydrogens (tertiary/aromatic N) is 2. The molecule has 20 heavy (non-hydrogen) atoms. The Morgan fingerprint density at radius 3 is 2.30 bits per heavy atom. The molecule has 0 spiro atoms. The first-order chi connectivity index (χ1) is 9.28. The molecule has 0 aliphatic heterocycles. The molecule has 0 bridgehead atoms. The monoisotopic (exact) mass is 356 g/mol. The minimum absolute atomic E-state index is 0.0474. The fourth-order valence-corrected chi connectivity index (χ4v) is 3.72. The molecular formula is C12H13BrN4O2S. The molecule has 3 N–H and O–H groups in total. The summed E-state index contributed by atoms with van der Waals surface area (Å²) >= 11 is 3.19. The van der Waals surface area contributed by atoms with Crippen LogP contribution in [0.25, 0.3) is 0 Å². The lowest BCUT2D eigenvalue weighted by Gasteiger charge is -2.09. The molecule has 8 heteroatoms. The highest BCUT2D eigenvalue weighted by Gasteiger charge is 2.19. The maximum atomic E-state index is 12.3. The van der Waals surface area contributed by atoms with E-state index in [9.17, 15) is 8.42 Å². The third-order valence-corrected chi connectivity index (χ3v) is 4.76. The van der Waals surface area contributed by atoms with Crippen LogP contribution in [0.3, 0.4) is 0 Å². The molecule has 1 aromatic carbocycles. The van der Waals surface area contributed by atoms with Gasteiger partial charge in [-0.1, -0.05) is 0 Å². The molecule has 0 aliphatic rings. The molecule has 106 valence electrons. The van der Waals surface area contributed by atoms with Crippen molar-refractivity contribution in [1.29, 1.82) is 0 Å². The van der Waals surface area contributed by atoms with Crippen molar-refractivity contribution < 1.29 is 8.42 Å². The second-order valence-electron chi connectivity index (χ2n) is 4.27. The Hall–Kier alpha value is -1.67. The van der Waals surface area contributed by atoms with Crippen LogP contribution >= 0.6 is 15.9 Å². The zero-order valence-corrected chi connectivity index (χ0v) is 13.3. The van der Waals surface area contributed by atoms with Crippen LogP contribution in [0.4, 0.5) is 11.6 Å². The van der Waals surface area contributed by atoms with Crippen molar-refractivity contribution in [2.45, 2.75) is 18.7 Å². The lowest BCUT2D eigenvalue weighted by Crippen LogP contribution is -2.16. The second kappa shape index (κ2) is 5.37. The van der Waals surface area contributed by atoms with Gasteiger partial charge in [-0.05, 0) is 54.0 Å². The number of halogens is 1. The topological polar surface area (TPSA) is 98.0 Å². The number of sulfonamides is 1. The molecule has 6 nitrogen and oxygen atoms in total. The molecule has 2 rings (SSSR count). The molecule has 0 aliphatic carbocycles. The Labute approximate surface area is 125 Å². The van der Waals surface area contributed by atoms with Gasteiger partial charge in [-0.3, -0.25) is 0 Å². The zero-order valence-electron chi connectivity index (χ0n) is 10.9. The summed E-state index contributed by atoms with van der Waals surface area (Å²) in [5, 5.41) is 0. The minimum Gasteiger partial charge on any atom is -0.399 e. The number of benzene rings is 1. The van der Waals surface area contributed by atoms with Gasteiger partial charge in [0.15, 0.2) is 0 Å². The predicted molar refractivity (Wildman–Crippen MR) is 80.9 cm³/mol. The standard InChI is InChI=1S/C12H13BrN4O2S/c1-7-5-8(2)16-12(15-7)17-20(18,19)11-4-3-9(14)6-10(11)13/h3-6H,14H2,1-2H3,(H,15,16,17). The molecule has 0 fully saturated rings. The molecule has 0 unspecified atom stereocenters. The minimum atomic E-state index is -3.77. The summed E-state index contributed by atoms with van der Waals surface area (Å²) in [7, 11) is -3.77. The summed E-state index contributed by atoms with van der Waals surface area (Å²) in [6.07, 6.45) is 0. The first kappa shape index (κ1) is 14.7. The molecule has 0 saturated carbocycles. The van der Waals surface area contributed by atoms with Crippen LogP contribution in [0.5, 0.6) is 0 Å². The summed E-state index contributed by atoms with van der Waals surface area (Å²) in [5.74, 6) is 0.0474. The van der Waals surface area contributed by atoms with Gasteiger partial charge in [0.25, 0.3) is 10.0 Å². The molecule has 0 amide bonds. The number of aromatic nitrogens is 2. The van der Waals surface area contributed by atoms with Crippen LogP contribution < -0.4 is 10.5 Å². The van der Waals surface area contributed by atoms with Crippen molar-refractivity contribution in [3.63, 3.8) is 0 Å². The summed E-state index contributed by atoms with van der Waals surface area (Å²) in [6, 6.07) is 6.22. The number of nitrogens with two attached hydrogens (primary N) is 1. The third kappa shape index (κ3) is 3.26. The smallest absolute Gasteiger partial charge is 0.265 e. The Morgan fingerprint density at radius 1 is 1.15 bits per heavy atom. The van der Waals surface area contributed by atoms with Crippen molar-refractivity contribution in [2.75, 3.05) is 10.5 Å². The summed E-state index contributed by atoms with van der Waals surface area (Å²) in [5.41, 5.74) is 7.44. The lowest BCUT2D eigenvalue weighted by molar-refractivity contribution is 0.600. The predicted octanol–water partition coefficient (Wildman–Crippen LogP) is 2.24. The van der Waals surface area contributed by atoms with E-state index in [1.165, 1.54) is 18.2 Å². The highest BCUT2D eigenvalue weighted by atomic mass is 79.9. The van der Waals surface area contributed by atoms with Crippen molar-refractivity contribution >= 4 is 37.6 Å². The van der Waals surface area contributed by atoms with Crippen LogP contribution in [-0.2, 0) is 10.0 Å². The fourth-order valence-electron chi connectivity index (χ4n) is 1.68. The molecular weight excluding hydrogens is 344 g/mol. The molecule has 0 radical (unpaired) electrons. The van der Waals surface area contributed by atoms with Gasteiger partial charge in [0.05, 0.1) is 0 Å². The fraction of sp³-hybridized carbons (Fsp3) is 0.167. The normalized spacial score (nSPS) is 11.3. The Morgan fingerprint density at radius 2 is 1.75 bits per heavy atom. The third-order valence-electron chi connectivity index (χ3n) is 2.45. The van der Waals surface area contributed by atoms with E-state index >= 15 is 0 Å². The van der Waals surface area contributed by atoms with E-state index < -0.39 is 10.0 Å². The molecule has 0 saturated heterocycles.